The topological polar surface area (TPSA) is 156 Å². The van der Waals surface area contributed by atoms with E-state index in [2.05, 4.69) is 15.1 Å². The van der Waals surface area contributed by atoms with Crippen molar-refractivity contribution in [1.82, 2.24) is 24.6 Å². The summed E-state index contributed by atoms with van der Waals surface area (Å²) in [7, 11) is -3.43. The predicted octanol–water partition coefficient (Wildman–Crippen LogP) is 2.62. The minimum atomic E-state index is -3.43. The van der Waals surface area contributed by atoms with Crippen LogP contribution < -0.4 is 5.73 Å². The van der Waals surface area contributed by atoms with Gasteiger partial charge in [0.05, 0.1) is 22.0 Å². The molecule has 11 heteroatoms. The summed E-state index contributed by atoms with van der Waals surface area (Å²) in [6.07, 6.45) is 5.07. The van der Waals surface area contributed by atoms with Crippen molar-refractivity contribution in [2.45, 2.75) is 36.5 Å². The monoisotopic (exact) mass is 454 g/mol. The van der Waals surface area contributed by atoms with Gasteiger partial charge in [-0.15, -0.1) is 0 Å². The molecule has 0 spiro atoms. The molecule has 1 aromatic carbocycles. The summed E-state index contributed by atoms with van der Waals surface area (Å²) in [5.41, 5.74) is 8.38. The number of carboxylic acid groups (broad SMARTS) is 1. The zero-order valence-corrected chi connectivity index (χ0v) is 18.1. The molecule has 0 radical (unpaired) electrons. The molecule has 4 aromatic rings. The van der Waals surface area contributed by atoms with Gasteiger partial charge < -0.3 is 15.8 Å². The van der Waals surface area contributed by atoms with Crippen molar-refractivity contribution in [3.63, 3.8) is 0 Å². The number of nitrogen functional groups attached to an aromatic ring is 1. The molecule has 0 bridgehead atoms. The van der Waals surface area contributed by atoms with E-state index in [-0.39, 0.29) is 22.5 Å². The SMILES string of the molecule is CS(=O)(=O)c1cccc2cc(-c3nc(C4CCC(C(=O)O)CC4)n4ncnc(N)c34)[nH]c12. The Labute approximate surface area is 183 Å². The maximum absolute atomic E-state index is 12.2. The van der Waals surface area contributed by atoms with Gasteiger partial charge in [0.25, 0.3) is 0 Å². The van der Waals surface area contributed by atoms with Crippen molar-refractivity contribution in [1.29, 1.82) is 0 Å². The van der Waals surface area contributed by atoms with E-state index in [1.54, 1.807) is 16.6 Å². The molecule has 1 aliphatic carbocycles. The quantitative estimate of drug-likeness (QED) is 0.425. The number of aliphatic carboxylic acids is 1. The first-order valence-corrected chi connectivity index (χ1v) is 12.2. The van der Waals surface area contributed by atoms with Gasteiger partial charge in [0.15, 0.2) is 15.7 Å². The van der Waals surface area contributed by atoms with Crippen molar-refractivity contribution < 1.29 is 18.3 Å². The molecule has 0 unspecified atom stereocenters. The first-order valence-electron chi connectivity index (χ1n) is 10.3. The normalized spacial score (nSPS) is 19.5. The van der Waals surface area contributed by atoms with Crippen molar-refractivity contribution >= 4 is 38.0 Å². The highest BCUT2D eigenvalue weighted by molar-refractivity contribution is 7.91. The number of benzene rings is 1. The van der Waals surface area contributed by atoms with Crippen LogP contribution in [-0.4, -0.2) is 50.3 Å². The van der Waals surface area contributed by atoms with Gasteiger partial charge in [-0.2, -0.15) is 5.10 Å². The summed E-state index contributed by atoms with van der Waals surface area (Å²) in [4.78, 5) is 23.7. The average molecular weight is 455 g/mol. The molecule has 0 atom stereocenters. The van der Waals surface area contributed by atoms with Gasteiger partial charge in [-0.3, -0.25) is 4.79 Å². The van der Waals surface area contributed by atoms with E-state index >= 15 is 0 Å². The van der Waals surface area contributed by atoms with Crippen LogP contribution in [0, 0.1) is 5.92 Å². The number of nitrogens with one attached hydrogen (secondary N) is 1. The molecule has 1 saturated carbocycles. The van der Waals surface area contributed by atoms with Crippen molar-refractivity contribution in [3.05, 3.63) is 36.4 Å². The smallest absolute Gasteiger partial charge is 0.306 e. The summed E-state index contributed by atoms with van der Waals surface area (Å²) < 4.78 is 26.1. The summed E-state index contributed by atoms with van der Waals surface area (Å²) >= 11 is 0. The highest BCUT2D eigenvalue weighted by atomic mass is 32.2. The van der Waals surface area contributed by atoms with Crippen LogP contribution in [-0.2, 0) is 14.6 Å². The highest BCUT2D eigenvalue weighted by Crippen LogP contribution is 2.38. The van der Waals surface area contributed by atoms with Gasteiger partial charge in [0, 0.05) is 17.6 Å². The lowest BCUT2D eigenvalue weighted by molar-refractivity contribution is -0.142. The van der Waals surface area contributed by atoms with Crippen LogP contribution in [0.3, 0.4) is 0 Å². The molecule has 0 amide bonds. The van der Waals surface area contributed by atoms with Gasteiger partial charge in [-0.25, -0.2) is 22.9 Å². The second kappa shape index (κ2) is 7.30. The summed E-state index contributed by atoms with van der Waals surface area (Å²) in [6, 6.07) is 6.93. The summed E-state index contributed by atoms with van der Waals surface area (Å²) in [5.74, 6) is -0.0924. The lowest BCUT2D eigenvalue weighted by Crippen LogP contribution is -2.21. The van der Waals surface area contributed by atoms with E-state index in [9.17, 15) is 18.3 Å². The van der Waals surface area contributed by atoms with Gasteiger partial charge >= 0.3 is 5.97 Å². The molecule has 1 aliphatic rings. The zero-order valence-electron chi connectivity index (χ0n) is 17.3. The number of nitrogens with two attached hydrogens (primary N) is 1. The summed E-state index contributed by atoms with van der Waals surface area (Å²) in [5, 5.41) is 14.4. The van der Waals surface area contributed by atoms with Crippen LogP contribution in [0.2, 0.25) is 0 Å². The maximum Gasteiger partial charge on any atom is 0.306 e. The Morgan fingerprint density at radius 2 is 2.00 bits per heavy atom. The van der Waals surface area contributed by atoms with E-state index in [1.807, 2.05) is 12.1 Å². The number of aromatic nitrogens is 5. The van der Waals surface area contributed by atoms with Gasteiger partial charge in [-0.1, -0.05) is 12.1 Å². The van der Waals surface area contributed by atoms with Crippen molar-refractivity contribution in [2.24, 2.45) is 5.92 Å². The van der Waals surface area contributed by atoms with Crippen LogP contribution in [0.25, 0.3) is 27.8 Å². The van der Waals surface area contributed by atoms with E-state index < -0.39 is 15.8 Å². The molecule has 3 aromatic heterocycles. The van der Waals surface area contributed by atoms with Crippen LogP contribution in [0.15, 0.2) is 35.5 Å². The second-order valence-corrected chi connectivity index (χ2v) is 10.3. The number of anilines is 1. The molecular formula is C21H22N6O4S. The van der Waals surface area contributed by atoms with Gasteiger partial charge in [-0.05, 0) is 37.8 Å². The Kier molecular flexibility index (Phi) is 4.66. The number of hydrogen-bond donors (Lipinski definition) is 3. The number of para-hydroxylation sites is 1. The third kappa shape index (κ3) is 3.29. The fourth-order valence-corrected chi connectivity index (χ4v) is 5.46. The number of aromatic amines is 1. The van der Waals surface area contributed by atoms with Crippen LogP contribution in [0.1, 0.15) is 37.4 Å². The minimum Gasteiger partial charge on any atom is -0.481 e. The van der Waals surface area contributed by atoms with E-state index in [1.165, 1.54) is 12.6 Å². The fourth-order valence-electron chi connectivity index (χ4n) is 4.59. The number of fused-ring (bicyclic) bond motifs is 2. The van der Waals surface area contributed by atoms with Crippen molar-refractivity contribution in [2.75, 3.05) is 12.0 Å². The number of hydrogen-bond acceptors (Lipinski definition) is 7. The molecule has 0 aliphatic heterocycles. The standard InChI is InChI=1S/C21H22N6O4S/c1-32(30,31)15-4-2-3-13-9-14(25-16(13)15)17-18-19(22)23-10-24-27(18)20(26-17)11-5-7-12(8-6-11)21(28)29/h2-4,9-12,25H,5-8H2,1H3,(H,28,29)(H2,22,23,24). The van der Waals surface area contributed by atoms with E-state index in [0.717, 1.165) is 5.39 Å². The number of carbonyl (C=O) groups is 1. The highest BCUT2D eigenvalue weighted by Gasteiger charge is 2.31. The first-order chi connectivity index (χ1) is 15.2. The Bertz CT molecular complexity index is 1460. The number of sulfone groups is 1. The molecule has 10 nitrogen and oxygen atoms in total. The Morgan fingerprint density at radius 1 is 1.25 bits per heavy atom. The average Bonchev–Trinajstić information content (AvgIpc) is 3.35. The Morgan fingerprint density at radius 3 is 2.69 bits per heavy atom. The first kappa shape index (κ1) is 20.4. The molecule has 32 heavy (non-hydrogen) atoms. The van der Waals surface area contributed by atoms with Crippen LogP contribution >= 0.6 is 0 Å². The molecule has 0 saturated heterocycles. The third-order valence-corrected chi connectivity index (χ3v) is 7.34. The predicted molar refractivity (Wildman–Crippen MR) is 118 cm³/mol. The molecule has 3 heterocycles. The molecular weight excluding hydrogens is 432 g/mol. The second-order valence-electron chi connectivity index (χ2n) is 8.29. The van der Waals surface area contributed by atoms with Gasteiger partial charge in [0.1, 0.15) is 23.4 Å². The zero-order chi connectivity index (χ0) is 22.6. The van der Waals surface area contributed by atoms with Gasteiger partial charge in [0.2, 0.25) is 0 Å². The number of rotatable bonds is 4. The molecule has 4 N–H and O–H groups in total. The number of H-pyrrole nitrogens is 1. The fraction of sp³-hybridized carbons (Fsp3) is 0.333. The van der Waals surface area contributed by atoms with E-state index in [0.29, 0.717) is 53.9 Å². The lowest BCUT2D eigenvalue weighted by Gasteiger charge is -2.24. The molecule has 1 fully saturated rings. The van der Waals surface area contributed by atoms with Crippen LogP contribution in [0.4, 0.5) is 5.82 Å². The Balaban J connectivity index is 1.65. The van der Waals surface area contributed by atoms with Crippen LogP contribution in [0.5, 0.6) is 0 Å². The Hall–Kier alpha value is -3.47. The largest absolute Gasteiger partial charge is 0.481 e. The molecule has 5 rings (SSSR count). The number of carboxylic acids is 1. The third-order valence-electron chi connectivity index (χ3n) is 6.20. The lowest BCUT2D eigenvalue weighted by atomic mass is 9.82. The number of nitrogens with zero attached hydrogens (tertiary/aromatic N) is 4. The van der Waals surface area contributed by atoms with Crippen molar-refractivity contribution in [3.8, 4) is 11.4 Å². The van der Waals surface area contributed by atoms with E-state index in [4.69, 9.17) is 10.7 Å². The number of imidazole rings is 1. The summed E-state index contributed by atoms with van der Waals surface area (Å²) in [6.45, 7) is 0. The maximum atomic E-state index is 12.2. The minimum absolute atomic E-state index is 0.0390. The molecule has 166 valence electrons.